The van der Waals surface area contributed by atoms with Crippen LogP contribution in [0.25, 0.3) is 0 Å². The maximum absolute atomic E-state index is 11.7. The van der Waals surface area contributed by atoms with Crippen LogP contribution in [-0.2, 0) is 11.3 Å². The molecule has 1 amide bonds. The normalized spacial score (nSPS) is 10.5. The average Bonchev–Trinajstić information content (AvgIpc) is 2.31. The zero-order valence-electron chi connectivity index (χ0n) is 10.3. The van der Waals surface area contributed by atoms with E-state index in [9.17, 15) is 9.59 Å². The van der Waals surface area contributed by atoms with Crippen molar-refractivity contribution < 1.29 is 4.79 Å². The van der Waals surface area contributed by atoms with Gasteiger partial charge in [0.1, 0.15) is 6.54 Å². The van der Waals surface area contributed by atoms with E-state index in [-0.39, 0.29) is 29.6 Å². The molecule has 3 N–H and O–H groups in total. The standard InChI is InChI=1S/C12H19N3O2/c1-3-9(4-2)14-12(17)8-15-6-5-11(16)10(13)7-15/h5-7,9H,3-4,8,13H2,1-2H3,(H,14,17). The molecule has 0 bridgehead atoms. The summed E-state index contributed by atoms with van der Waals surface area (Å²) in [6.45, 7) is 4.25. The molecule has 17 heavy (non-hydrogen) atoms. The number of aromatic nitrogens is 1. The van der Waals surface area contributed by atoms with Gasteiger partial charge in [-0.2, -0.15) is 0 Å². The van der Waals surface area contributed by atoms with Crippen molar-refractivity contribution in [2.24, 2.45) is 0 Å². The highest BCUT2D eigenvalue weighted by atomic mass is 16.2. The Balaban J connectivity index is 2.62. The lowest BCUT2D eigenvalue weighted by Gasteiger charge is -2.15. The van der Waals surface area contributed by atoms with Crippen LogP contribution in [0.2, 0.25) is 0 Å². The molecule has 1 aromatic rings. The number of carbonyl (C=O) groups excluding carboxylic acids is 1. The quantitative estimate of drug-likeness (QED) is 0.792. The number of nitrogens with one attached hydrogen (secondary N) is 1. The van der Waals surface area contributed by atoms with Crippen molar-refractivity contribution in [2.75, 3.05) is 5.73 Å². The molecule has 1 rings (SSSR count). The molecule has 1 heterocycles. The van der Waals surface area contributed by atoms with Crippen LogP contribution in [0.3, 0.4) is 0 Å². The molecule has 94 valence electrons. The number of nitrogens with two attached hydrogens (primary N) is 1. The Kier molecular flexibility index (Phi) is 4.75. The van der Waals surface area contributed by atoms with Gasteiger partial charge in [-0.1, -0.05) is 13.8 Å². The number of hydrogen-bond acceptors (Lipinski definition) is 3. The number of anilines is 1. The third-order valence-electron chi connectivity index (χ3n) is 2.68. The lowest BCUT2D eigenvalue weighted by atomic mass is 10.2. The minimum atomic E-state index is -0.221. The Hall–Kier alpha value is -1.78. The Morgan fingerprint density at radius 2 is 2.12 bits per heavy atom. The number of hydrogen-bond donors (Lipinski definition) is 2. The predicted octanol–water partition coefficient (Wildman–Crippen LogP) is 0.735. The first kappa shape index (κ1) is 13.3. The highest BCUT2D eigenvalue weighted by Crippen LogP contribution is 1.97. The summed E-state index contributed by atoms with van der Waals surface area (Å²) in [5, 5.41) is 2.92. The van der Waals surface area contributed by atoms with Crippen molar-refractivity contribution in [3.05, 3.63) is 28.7 Å². The van der Waals surface area contributed by atoms with Gasteiger partial charge in [-0.25, -0.2) is 0 Å². The maximum Gasteiger partial charge on any atom is 0.240 e. The molecule has 0 saturated heterocycles. The second-order valence-electron chi connectivity index (χ2n) is 4.02. The minimum Gasteiger partial charge on any atom is -0.394 e. The number of carbonyl (C=O) groups is 1. The van der Waals surface area contributed by atoms with Gasteiger partial charge >= 0.3 is 0 Å². The van der Waals surface area contributed by atoms with Gasteiger partial charge in [-0.05, 0) is 12.8 Å². The summed E-state index contributed by atoms with van der Waals surface area (Å²) in [4.78, 5) is 22.8. The molecule has 0 saturated carbocycles. The molecule has 0 atom stereocenters. The molecule has 5 heteroatoms. The van der Waals surface area contributed by atoms with Gasteiger partial charge in [-0.3, -0.25) is 9.59 Å². The van der Waals surface area contributed by atoms with Crippen molar-refractivity contribution >= 4 is 11.6 Å². The summed E-state index contributed by atoms with van der Waals surface area (Å²) < 4.78 is 1.61. The van der Waals surface area contributed by atoms with Crippen molar-refractivity contribution in [2.45, 2.75) is 39.3 Å². The van der Waals surface area contributed by atoms with Crippen LogP contribution < -0.4 is 16.5 Å². The summed E-state index contributed by atoms with van der Waals surface area (Å²) in [6, 6.07) is 1.57. The smallest absolute Gasteiger partial charge is 0.240 e. The largest absolute Gasteiger partial charge is 0.394 e. The molecule has 0 spiro atoms. The molecular formula is C12H19N3O2. The lowest BCUT2D eigenvalue weighted by Crippen LogP contribution is -2.36. The van der Waals surface area contributed by atoms with Crippen LogP contribution in [0.4, 0.5) is 5.69 Å². The van der Waals surface area contributed by atoms with Gasteiger partial charge in [0.15, 0.2) is 0 Å². The first-order valence-corrected chi connectivity index (χ1v) is 5.81. The molecule has 0 radical (unpaired) electrons. The molecular weight excluding hydrogens is 218 g/mol. The van der Waals surface area contributed by atoms with Gasteiger partial charge in [0.25, 0.3) is 0 Å². The van der Waals surface area contributed by atoms with E-state index in [1.807, 2.05) is 13.8 Å². The fourth-order valence-electron chi connectivity index (χ4n) is 1.58. The average molecular weight is 237 g/mol. The topological polar surface area (TPSA) is 77.1 Å². The van der Waals surface area contributed by atoms with Crippen LogP contribution in [0, 0.1) is 0 Å². The van der Waals surface area contributed by atoms with Crippen molar-refractivity contribution in [1.29, 1.82) is 0 Å². The monoisotopic (exact) mass is 237 g/mol. The third-order valence-corrected chi connectivity index (χ3v) is 2.68. The van der Waals surface area contributed by atoms with Gasteiger partial charge in [0, 0.05) is 24.5 Å². The van der Waals surface area contributed by atoms with Gasteiger partial charge in [-0.15, -0.1) is 0 Å². The maximum atomic E-state index is 11.7. The fourth-order valence-corrected chi connectivity index (χ4v) is 1.58. The van der Waals surface area contributed by atoms with Crippen LogP contribution in [0.15, 0.2) is 23.3 Å². The van der Waals surface area contributed by atoms with E-state index in [2.05, 4.69) is 5.32 Å². The van der Waals surface area contributed by atoms with E-state index < -0.39 is 0 Å². The molecule has 1 aromatic heterocycles. The zero-order valence-corrected chi connectivity index (χ0v) is 10.3. The summed E-state index contributed by atoms with van der Waals surface area (Å²) in [6.07, 6.45) is 4.86. The zero-order chi connectivity index (χ0) is 12.8. The third kappa shape index (κ3) is 3.94. The molecule has 0 fully saturated rings. The SMILES string of the molecule is CCC(CC)NC(=O)Cn1ccc(=O)c(N)c1. The van der Waals surface area contributed by atoms with E-state index in [4.69, 9.17) is 5.73 Å². The highest BCUT2D eigenvalue weighted by molar-refractivity contribution is 5.76. The van der Waals surface area contributed by atoms with Crippen LogP contribution in [0.1, 0.15) is 26.7 Å². The van der Waals surface area contributed by atoms with Crippen molar-refractivity contribution in [1.82, 2.24) is 9.88 Å². The van der Waals surface area contributed by atoms with Crippen LogP contribution in [0.5, 0.6) is 0 Å². The number of pyridine rings is 1. The molecule has 0 aliphatic rings. The number of amides is 1. The van der Waals surface area contributed by atoms with E-state index >= 15 is 0 Å². The molecule has 0 unspecified atom stereocenters. The van der Waals surface area contributed by atoms with E-state index in [0.717, 1.165) is 12.8 Å². The molecule has 0 aliphatic heterocycles. The Morgan fingerprint density at radius 3 is 2.65 bits per heavy atom. The van der Waals surface area contributed by atoms with Crippen molar-refractivity contribution in [3.8, 4) is 0 Å². The fraction of sp³-hybridized carbons (Fsp3) is 0.500. The van der Waals surface area contributed by atoms with Crippen LogP contribution in [-0.4, -0.2) is 16.5 Å². The lowest BCUT2D eigenvalue weighted by molar-refractivity contribution is -0.122. The molecule has 0 aromatic carbocycles. The minimum absolute atomic E-state index is 0.0678. The summed E-state index contributed by atoms with van der Waals surface area (Å²) in [5.74, 6) is -0.0678. The second-order valence-corrected chi connectivity index (χ2v) is 4.02. The molecule has 5 nitrogen and oxygen atoms in total. The Bertz CT molecular complexity index is 436. The van der Waals surface area contributed by atoms with Gasteiger partial charge in [0.05, 0.1) is 5.69 Å². The summed E-state index contributed by atoms with van der Waals surface area (Å²) >= 11 is 0. The number of nitrogen functional groups attached to an aromatic ring is 1. The first-order valence-electron chi connectivity index (χ1n) is 5.81. The first-order chi connectivity index (χ1) is 8.06. The second kappa shape index (κ2) is 6.08. The molecule has 0 aliphatic carbocycles. The van der Waals surface area contributed by atoms with Gasteiger partial charge < -0.3 is 15.6 Å². The van der Waals surface area contributed by atoms with Crippen LogP contribution >= 0.6 is 0 Å². The predicted molar refractivity (Wildman–Crippen MR) is 67.6 cm³/mol. The Labute approximate surface area is 101 Å². The van der Waals surface area contributed by atoms with Crippen molar-refractivity contribution in [3.63, 3.8) is 0 Å². The Morgan fingerprint density at radius 1 is 1.47 bits per heavy atom. The summed E-state index contributed by atoms with van der Waals surface area (Å²) in [5.41, 5.74) is 5.42. The number of nitrogens with zero attached hydrogens (tertiary/aromatic N) is 1. The van der Waals surface area contributed by atoms with E-state index in [1.165, 1.54) is 12.3 Å². The summed E-state index contributed by atoms with van der Waals surface area (Å²) in [7, 11) is 0. The number of rotatable bonds is 5. The van der Waals surface area contributed by atoms with E-state index in [1.54, 1.807) is 10.8 Å². The van der Waals surface area contributed by atoms with E-state index in [0.29, 0.717) is 0 Å². The highest BCUT2D eigenvalue weighted by Gasteiger charge is 2.08. The van der Waals surface area contributed by atoms with Gasteiger partial charge in [0.2, 0.25) is 11.3 Å².